The van der Waals surface area contributed by atoms with Crippen LogP contribution in [0.4, 0.5) is 5.69 Å². The summed E-state index contributed by atoms with van der Waals surface area (Å²) in [6.07, 6.45) is 3.34. The molecule has 0 aromatic heterocycles. The first-order chi connectivity index (χ1) is 10.4. The molecule has 1 atom stereocenters. The van der Waals surface area contributed by atoms with Crippen LogP contribution in [0.5, 0.6) is 0 Å². The Balaban J connectivity index is 2.17. The third-order valence-electron chi connectivity index (χ3n) is 3.76. The van der Waals surface area contributed by atoms with Crippen LogP contribution in [-0.2, 0) is 26.2 Å². The van der Waals surface area contributed by atoms with Crippen LogP contribution in [0.15, 0.2) is 24.3 Å². The normalized spacial score (nSPS) is 19.8. The van der Waals surface area contributed by atoms with E-state index in [9.17, 15) is 13.2 Å². The summed E-state index contributed by atoms with van der Waals surface area (Å²) < 4.78 is 30.1. The van der Waals surface area contributed by atoms with E-state index >= 15 is 0 Å². The maximum atomic E-state index is 12.5. The Morgan fingerprint density at radius 2 is 2.09 bits per heavy atom. The maximum Gasteiger partial charge on any atom is 0.242 e. The van der Waals surface area contributed by atoms with E-state index in [1.54, 1.807) is 13.2 Å². The molecule has 1 aromatic rings. The number of nitrogens with one attached hydrogen (secondary N) is 1. The van der Waals surface area contributed by atoms with Crippen molar-refractivity contribution in [2.45, 2.75) is 31.9 Å². The predicted molar refractivity (Wildman–Crippen MR) is 85.0 cm³/mol. The number of para-hydroxylation sites is 1. The van der Waals surface area contributed by atoms with Gasteiger partial charge in [0.25, 0.3) is 0 Å². The molecule has 0 aliphatic carbocycles. The number of hydrogen-bond donors (Lipinski definition) is 1. The van der Waals surface area contributed by atoms with Crippen molar-refractivity contribution < 1.29 is 17.9 Å². The Labute approximate surface area is 131 Å². The molecule has 1 fully saturated rings. The van der Waals surface area contributed by atoms with Crippen molar-refractivity contribution in [1.29, 1.82) is 0 Å². The lowest BCUT2D eigenvalue weighted by atomic mass is 10.0. The molecule has 0 bridgehead atoms. The number of amides is 1. The van der Waals surface area contributed by atoms with Gasteiger partial charge >= 0.3 is 0 Å². The lowest BCUT2D eigenvalue weighted by Gasteiger charge is -2.32. The summed E-state index contributed by atoms with van der Waals surface area (Å²) in [4.78, 5) is 12.5. The molecule has 1 aliphatic rings. The van der Waals surface area contributed by atoms with Gasteiger partial charge in [0.2, 0.25) is 15.9 Å². The lowest BCUT2D eigenvalue weighted by molar-refractivity contribution is -0.120. The number of anilines is 1. The first-order valence-electron chi connectivity index (χ1n) is 7.28. The molecule has 0 radical (unpaired) electrons. The monoisotopic (exact) mass is 326 g/mol. The Kier molecular flexibility index (Phi) is 5.55. The standard InChI is InChI=1S/C15H22N2O4S/c1-21-11-12-7-3-4-8-13(12)16-15(18)14-9-5-6-10-17(14)22(2,19)20/h3-4,7-8,14H,5-6,9-11H2,1-2H3,(H,16,18). The van der Waals surface area contributed by atoms with E-state index in [2.05, 4.69) is 5.32 Å². The summed E-state index contributed by atoms with van der Waals surface area (Å²) in [5.41, 5.74) is 1.52. The summed E-state index contributed by atoms with van der Waals surface area (Å²) in [6.45, 7) is 0.785. The first kappa shape index (κ1) is 16.9. The molecular formula is C15H22N2O4S. The summed E-state index contributed by atoms with van der Waals surface area (Å²) in [5.74, 6) is -0.284. The smallest absolute Gasteiger partial charge is 0.242 e. The molecule has 22 heavy (non-hydrogen) atoms. The van der Waals surface area contributed by atoms with Gasteiger partial charge in [0.05, 0.1) is 12.9 Å². The summed E-state index contributed by atoms with van der Waals surface area (Å²) >= 11 is 0. The average Bonchev–Trinajstić information content (AvgIpc) is 2.48. The van der Waals surface area contributed by atoms with Crippen molar-refractivity contribution in [3.05, 3.63) is 29.8 Å². The number of carbonyl (C=O) groups is 1. The summed E-state index contributed by atoms with van der Waals surface area (Å²) in [5, 5.41) is 2.84. The fourth-order valence-corrected chi connectivity index (χ4v) is 3.83. The first-order valence-corrected chi connectivity index (χ1v) is 9.13. The SMILES string of the molecule is COCc1ccccc1NC(=O)C1CCCCN1S(C)(=O)=O. The minimum atomic E-state index is -3.38. The Bertz CT molecular complexity index is 630. The van der Waals surface area contributed by atoms with E-state index in [1.165, 1.54) is 4.31 Å². The van der Waals surface area contributed by atoms with E-state index < -0.39 is 16.1 Å². The number of sulfonamides is 1. The van der Waals surface area contributed by atoms with Crippen LogP contribution in [0.2, 0.25) is 0 Å². The van der Waals surface area contributed by atoms with E-state index in [1.807, 2.05) is 18.2 Å². The van der Waals surface area contributed by atoms with Crippen molar-refractivity contribution in [3.8, 4) is 0 Å². The predicted octanol–water partition coefficient (Wildman–Crippen LogP) is 1.59. The number of nitrogens with zero attached hydrogens (tertiary/aromatic N) is 1. The fourth-order valence-electron chi connectivity index (χ4n) is 2.70. The zero-order valence-electron chi connectivity index (χ0n) is 12.9. The Morgan fingerprint density at radius 1 is 1.36 bits per heavy atom. The number of rotatable bonds is 5. The van der Waals surface area contributed by atoms with Crippen LogP contribution in [-0.4, -0.2) is 44.6 Å². The van der Waals surface area contributed by atoms with Gasteiger partial charge in [-0.05, 0) is 18.9 Å². The molecule has 1 aromatic carbocycles. The third kappa shape index (κ3) is 4.06. The summed E-state index contributed by atoms with van der Waals surface area (Å²) in [6, 6.07) is 6.71. The third-order valence-corrected chi connectivity index (χ3v) is 5.05. The van der Waals surface area contributed by atoms with Crippen LogP contribution in [0.3, 0.4) is 0 Å². The molecule has 0 saturated carbocycles. The number of hydrogen-bond acceptors (Lipinski definition) is 4. The molecule has 1 N–H and O–H groups in total. The van der Waals surface area contributed by atoms with Crippen molar-refractivity contribution in [3.63, 3.8) is 0 Å². The second-order valence-corrected chi connectivity index (χ2v) is 7.40. The van der Waals surface area contributed by atoms with Crippen molar-refractivity contribution in [2.24, 2.45) is 0 Å². The van der Waals surface area contributed by atoms with Gasteiger partial charge < -0.3 is 10.1 Å². The molecule has 0 spiro atoms. The van der Waals surface area contributed by atoms with Gasteiger partial charge in [0.15, 0.2) is 0 Å². The van der Waals surface area contributed by atoms with Gasteiger partial charge in [-0.1, -0.05) is 24.6 Å². The topological polar surface area (TPSA) is 75.7 Å². The molecule has 122 valence electrons. The number of methoxy groups -OCH3 is 1. The van der Waals surface area contributed by atoms with Crippen LogP contribution in [0.1, 0.15) is 24.8 Å². The number of piperidine rings is 1. The van der Waals surface area contributed by atoms with Crippen molar-refractivity contribution in [1.82, 2.24) is 4.31 Å². The fraction of sp³-hybridized carbons (Fsp3) is 0.533. The van der Waals surface area contributed by atoms with Crippen LogP contribution >= 0.6 is 0 Å². The minimum absolute atomic E-state index is 0.284. The molecule has 2 rings (SSSR count). The highest BCUT2D eigenvalue weighted by atomic mass is 32.2. The largest absolute Gasteiger partial charge is 0.380 e. The highest BCUT2D eigenvalue weighted by Gasteiger charge is 2.34. The zero-order chi connectivity index (χ0) is 16.2. The molecule has 6 nitrogen and oxygen atoms in total. The Morgan fingerprint density at radius 3 is 2.77 bits per heavy atom. The summed E-state index contributed by atoms with van der Waals surface area (Å²) in [7, 11) is -1.80. The zero-order valence-corrected chi connectivity index (χ0v) is 13.7. The minimum Gasteiger partial charge on any atom is -0.380 e. The molecule has 7 heteroatoms. The molecule has 1 saturated heterocycles. The molecule has 1 aliphatic heterocycles. The Hall–Kier alpha value is -1.44. The second kappa shape index (κ2) is 7.21. The maximum absolute atomic E-state index is 12.5. The highest BCUT2D eigenvalue weighted by Crippen LogP contribution is 2.23. The van der Waals surface area contributed by atoms with E-state index in [-0.39, 0.29) is 5.91 Å². The van der Waals surface area contributed by atoms with E-state index in [0.29, 0.717) is 25.3 Å². The molecular weight excluding hydrogens is 304 g/mol. The van der Waals surface area contributed by atoms with Gasteiger partial charge in [0.1, 0.15) is 6.04 Å². The second-order valence-electron chi connectivity index (χ2n) is 5.46. The van der Waals surface area contributed by atoms with Crippen molar-refractivity contribution >= 4 is 21.6 Å². The van der Waals surface area contributed by atoms with Gasteiger partial charge in [-0.2, -0.15) is 4.31 Å². The van der Waals surface area contributed by atoms with Gasteiger partial charge in [-0.25, -0.2) is 8.42 Å². The molecule has 1 amide bonds. The highest BCUT2D eigenvalue weighted by molar-refractivity contribution is 7.88. The number of ether oxygens (including phenoxy) is 1. The van der Waals surface area contributed by atoms with Gasteiger partial charge in [-0.3, -0.25) is 4.79 Å². The molecule has 1 unspecified atom stereocenters. The average molecular weight is 326 g/mol. The van der Waals surface area contributed by atoms with Crippen LogP contribution < -0.4 is 5.32 Å². The van der Waals surface area contributed by atoms with Crippen LogP contribution in [0, 0.1) is 0 Å². The van der Waals surface area contributed by atoms with E-state index in [0.717, 1.165) is 24.7 Å². The lowest BCUT2D eigenvalue weighted by Crippen LogP contribution is -2.49. The molecule has 1 heterocycles. The van der Waals surface area contributed by atoms with Gasteiger partial charge in [-0.15, -0.1) is 0 Å². The van der Waals surface area contributed by atoms with Crippen LogP contribution in [0.25, 0.3) is 0 Å². The van der Waals surface area contributed by atoms with Gasteiger partial charge in [0, 0.05) is 24.9 Å². The number of benzene rings is 1. The number of carbonyl (C=O) groups excluding carboxylic acids is 1. The van der Waals surface area contributed by atoms with Crippen molar-refractivity contribution in [2.75, 3.05) is 25.2 Å². The quantitative estimate of drug-likeness (QED) is 0.891. The van der Waals surface area contributed by atoms with E-state index in [4.69, 9.17) is 4.74 Å².